The molecule has 0 atom stereocenters. The van der Waals surface area contributed by atoms with Gasteiger partial charge in [0, 0.05) is 24.3 Å². The van der Waals surface area contributed by atoms with Crippen molar-refractivity contribution in [2.24, 2.45) is 0 Å². The van der Waals surface area contributed by atoms with Crippen molar-refractivity contribution in [3.8, 4) is 0 Å². The van der Waals surface area contributed by atoms with Crippen molar-refractivity contribution in [3.05, 3.63) is 23.8 Å². The van der Waals surface area contributed by atoms with Gasteiger partial charge in [0.1, 0.15) is 0 Å². The summed E-state index contributed by atoms with van der Waals surface area (Å²) < 4.78 is 0. The van der Waals surface area contributed by atoms with Crippen LogP contribution in [0.2, 0.25) is 0 Å². The zero-order valence-corrected chi connectivity index (χ0v) is 13.0. The van der Waals surface area contributed by atoms with E-state index in [9.17, 15) is 4.79 Å². The van der Waals surface area contributed by atoms with E-state index in [2.05, 4.69) is 10.2 Å². The number of aryl methyl sites for hydroxylation is 1. The molecule has 1 aliphatic rings. The number of carbonyl (C=O) groups is 1. The van der Waals surface area contributed by atoms with Crippen molar-refractivity contribution in [1.29, 1.82) is 0 Å². The number of nitrogens with zero attached hydrogens (tertiary/aromatic N) is 1. The molecule has 4 nitrogen and oxygen atoms in total. The van der Waals surface area contributed by atoms with Crippen LogP contribution in [-0.2, 0) is 4.79 Å². The number of nitrogens with one attached hydrogen (secondary N) is 1. The van der Waals surface area contributed by atoms with Crippen LogP contribution in [0.4, 0.5) is 11.4 Å². The first-order chi connectivity index (χ1) is 10.1. The summed E-state index contributed by atoms with van der Waals surface area (Å²) in [6.45, 7) is 5.09. The third kappa shape index (κ3) is 5.38. The minimum absolute atomic E-state index is 0.0879. The first-order valence-electron chi connectivity index (χ1n) is 8.03. The number of hydrogen-bond acceptors (Lipinski definition) is 3. The van der Waals surface area contributed by atoms with E-state index in [0.717, 1.165) is 36.6 Å². The van der Waals surface area contributed by atoms with E-state index in [1.54, 1.807) is 0 Å². The molecule has 1 aliphatic heterocycles. The summed E-state index contributed by atoms with van der Waals surface area (Å²) in [5, 5.41) is 2.98. The minimum Gasteiger partial charge on any atom is -0.399 e. The van der Waals surface area contributed by atoms with E-state index in [1.165, 1.54) is 32.1 Å². The van der Waals surface area contributed by atoms with E-state index in [-0.39, 0.29) is 5.91 Å². The van der Waals surface area contributed by atoms with Gasteiger partial charge in [0.15, 0.2) is 0 Å². The summed E-state index contributed by atoms with van der Waals surface area (Å²) >= 11 is 0. The van der Waals surface area contributed by atoms with Crippen LogP contribution in [0.15, 0.2) is 18.2 Å². The molecule has 0 unspecified atom stereocenters. The van der Waals surface area contributed by atoms with Crippen LogP contribution in [0.1, 0.15) is 44.1 Å². The molecule has 0 radical (unpaired) electrons. The maximum atomic E-state index is 12.1. The second-order valence-electron chi connectivity index (χ2n) is 5.98. The van der Waals surface area contributed by atoms with Crippen molar-refractivity contribution in [3.63, 3.8) is 0 Å². The third-order valence-corrected chi connectivity index (χ3v) is 4.13. The van der Waals surface area contributed by atoms with Crippen molar-refractivity contribution in [1.82, 2.24) is 4.90 Å². The molecule has 1 fully saturated rings. The Morgan fingerprint density at radius 2 is 1.86 bits per heavy atom. The van der Waals surface area contributed by atoms with E-state index < -0.39 is 0 Å². The number of benzene rings is 1. The summed E-state index contributed by atoms with van der Waals surface area (Å²) in [5.41, 5.74) is 8.32. The van der Waals surface area contributed by atoms with Crippen molar-refractivity contribution in [2.75, 3.05) is 30.7 Å². The highest BCUT2D eigenvalue weighted by Gasteiger charge is 2.11. The Bertz CT molecular complexity index is 465. The Kier molecular flexibility index (Phi) is 6.05. The van der Waals surface area contributed by atoms with Crippen molar-refractivity contribution < 1.29 is 4.79 Å². The van der Waals surface area contributed by atoms with Gasteiger partial charge in [0.25, 0.3) is 0 Å². The molecule has 4 heteroatoms. The van der Waals surface area contributed by atoms with Crippen LogP contribution >= 0.6 is 0 Å². The largest absolute Gasteiger partial charge is 0.399 e. The first kappa shape index (κ1) is 15.8. The maximum absolute atomic E-state index is 12.1. The highest BCUT2D eigenvalue weighted by Crippen LogP contribution is 2.18. The van der Waals surface area contributed by atoms with Gasteiger partial charge in [0.05, 0.1) is 0 Å². The monoisotopic (exact) mass is 289 g/mol. The van der Waals surface area contributed by atoms with Crippen LogP contribution in [0.5, 0.6) is 0 Å². The van der Waals surface area contributed by atoms with Crippen LogP contribution in [-0.4, -0.2) is 30.4 Å². The Labute approximate surface area is 127 Å². The average Bonchev–Trinajstić information content (AvgIpc) is 2.41. The van der Waals surface area contributed by atoms with Crippen molar-refractivity contribution in [2.45, 2.75) is 45.4 Å². The molecule has 1 amide bonds. The van der Waals surface area contributed by atoms with Crippen LogP contribution in [0, 0.1) is 6.92 Å². The first-order valence-corrected chi connectivity index (χ1v) is 8.03. The Hall–Kier alpha value is -1.55. The fourth-order valence-corrected chi connectivity index (χ4v) is 2.84. The summed E-state index contributed by atoms with van der Waals surface area (Å²) in [6, 6.07) is 5.58. The zero-order chi connectivity index (χ0) is 15.1. The molecule has 0 bridgehead atoms. The molecular weight excluding hydrogens is 262 g/mol. The van der Waals surface area contributed by atoms with Crippen LogP contribution in [0.25, 0.3) is 0 Å². The minimum atomic E-state index is 0.0879. The van der Waals surface area contributed by atoms with E-state index in [4.69, 9.17) is 5.73 Å². The van der Waals surface area contributed by atoms with E-state index in [1.807, 2.05) is 25.1 Å². The fourth-order valence-electron chi connectivity index (χ4n) is 2.84. The predicted molar refractivity (Wildman–Crippen MR) is 88.4 cm³/mol. The van der Waals surface area contributed by atoms with Gasteiger partial charge >= 0.3 is 0 Å². The smallest absolute Gasteiger partial charge is 0.225 e. The number of nitrogens with two attached hydrogens (primary N) is 1. The normalized spacial score (nSPS) is 17.0. The van der Waals surface area contributed by atoms with Crippen molar-refractivity contribution >= 4 is 17.3 Å². The Balaban J connectivity index is 1.78. The fraction of sp³-hybridized carbons (Fsp3) is 0.588. The van der Waals surface area contributed by atoms with Gasteiger partial charge in [-0.3, -0.25) is 4.79 Å². The number of amides is 1. The number of carbonyl (C=O) groups excluding carboxylic acids is 1. The lowest BCUT2D eigenvalue weighted by Crippen LogP contribution is -2.30. The molecule has 0 aliphatic carbocycles. The molecule has 2 rings (SSSR count). The lowest BCUT2D eigenvalue weighted by molar-refractivity contribution is -0.116. The van der Waals surface area contributed by atoms with Crippen LogP contribution < -0.4 is 11.1 Å². The number of anilines is 2. The number of likely N-dealkylation sites (tertiary alicyclic amines) is 1. The van der Waals surface area contributed by atoms with Gasteiger partial charge in [-0.2, -0.15) is 0 Å². The maximum Gasteiger partial charge on any atom is 0.225 e. The van der Waals surface area contributed by atoms with Gasteiger partial charge in [-0.25, -0.2) is 0 Å². The van der Waals surface area contributed by atoms with Gasteiger partial charge < -0.3 is 16.0 Å². The SMILES string of the molecule is Cc1cc(N)ccc1NC(=O)CCN1CCCCCCC1. The molecular formula is C17H27N3O. The molecule has 1 aromatic rings. The summed E-state index contributed by atoms with van der Waals surface area (Å²) in [7, 11) is 0. The molecule has 0 aromatic heterocycles. The second-order valence-corrected chi connectivity index (χ2v) is 5.98. The summed E-state index contributed by atoms with van der Waals surface area (Å²) in [5.74, 6) is 0.0879. The highest BCUT2D eigenvalue weighted by molar-refractivity contribution is 5.91. The standard InChI is InChI=1S/C17H27N3O/c1-14-13-15(18)7-8-16(14)19-17(21)9-12-20-10-5-3-2-4-6-11-20/h7-8,13H,2-6,9-12,18H2,1H3,(H,19,21). The lowest BCUT2D eigenvalue weighted by atomic mass is 10.1. The van der Waals surface area contributed by atoms with E-state index >= 15 is 0 Å². The van der Waals surface area contributed by atoms with Gasteiger partial charge in [0.2, 0.25) is 5.91 Å². The highest BCUT2D eigenvalue weighted by atomic mass is 16.1. The number of hydrogen-bond donors (Lipinski definition) is 2. The predicted octanol–water partition coefficient (Wildman–Crippen LogP) is 3.17. The van der Waals surface area contributed by atoms with Crippen LogP contribution in [0.3, 0.4) is 0 Å². The number of nitrogen functional groups attached to an aromatic ring is 1. The Morgan fingerprint density at radius 1 is 1.19 bits per heavy atom. The zero-order valence-electron chi connectivity index (χ0n) is 13.0. The quantitative estimate of drug-likeness (QED) is 0.837. The molecule has 3 N–H and O–H groups in total. The molecule has 0 spiro atoms. The van der Waals surface area contributed by atoms with Gasteiger partial charge in [-0.05, 0) is 56.6 Å². The summed E-state index contributed by atoms with van der Waals surface area (Å²) in [6.07, 6.45) is 7.10. The molecule has 1 saturated heterocycles. The molecule has 1 heterocycles. The molecule has 1 aromatic carbocycles. The van der Waals surface area contributed by atoms with Gasteiger partial charge in [-0.1, -0.05) is 19.3 Å². The number of rotatable bonds is 4. The lowest BCUT2D eigenvalue weighted by Gasteiger charge is -2.24. The van der Waals surface area contributed by atoms with Gasteiger partial charge in [-0.15, -0.1) is 0 Å². The topological polar surface area (TPSA) is 58.4 Å². The van der Waals surface area contributed by atoms with E-state index in [0.29, 0.717) is 6.42 Å². The average molecular weight is 289 g/mol. The second kappa shape index (κ2) is 8.03. The molecule has 0 saturated carbocycles. The molecule has 21 heavy (non-hydrogen) atoms. The third-order valence-electron chi connectivity index (χ3n) is 4.13. The molecule has 116 valence electrons. The summed E-state index contributed by atoms with van der Waals surface area (Å²) in [4.78, 5) is 14.5. The Morgan fingerprint density at radius 3 is 2.52 bits per heavy atom.